The number of aryl methyl sites for hydroxylation is 2. The molecule has 2 nitrogen and oxygen atoms in total. The first-order chi connectivity index (χ1) is 8.74. The topological polar surface area (TPSA) is 26.3 Å². The second-order valence-corrected chi connectivity index (χ2v) is 5.57. The standard InChI is InChI=1S/C16H20O2/c1-11-6-9-15(18-11)16(17)14-8-7-12-4-2-3-5-13(12)10-14/h7-8,10-11,15H,2-6,9H2,1H3. The van der Waals surface area contributed by atoms with Gasteiger partial charge in [-0.25, -0.2) is 0 Å². The third-order valence-electron chi connectivity index (χ3n) is 4.16. The van der Waals surface area contributed by atoms with Crippen LogP contribution in [0.15, 0.2) is 18.2 Å². The summed E-state index contributed by atoms with van der Waals surface area (Å²) in [5.41, 5.74) is 3.64. The third kappa shape index (κ3) is 2.22. The van der Waals surface area contributed by atoms with Gasteiger partial charge in [-0.3, -0.25) is 4.79 Å². The van der Waals surface area contributed by atoms with E-state index in [0.717, 1.165) is 24.8 Å². The Morgan fingerprint density at radius 1 is 1.17 bits per heavy atom. The van der Waals surface area contributed by atoms with E-state index in [9.17, 15) is 4.79 Å². The van der Waals surface area contributed by atoms with Crippen molar-refractivity contribution in [1.82, 2.24) is 0 Å². The molecular weight excluding hydrogens is 224 g/mol. The molecule has 1 fully saturated rings. The second kappa shape index (κ2) is 4.85. The Morgan fingerprint density at radius 3 is 2.67 bits per heavy atom. The Bertz CT molecular complexity index is 464. The van der Waals surface area contributed by atoms with Crippen molar-refractivity contribution >= 4 is 5.78 Å². The van der Waals surface area contributed by atoms with Crippen LogP contribution in [0.25, 0.3) is 0 Å². The molecule has 1 aromatic carbocycles. The number of Topliss-reactive ketones (excluding diaryl/α,β-unsaturated/α-hetero) is 1. The van der Waals surface area contributed by atoms with Crippen molar-refractivity contribution in [3.8, 4) is 0 Å². The average Bonchev–Trinajstić information content (AvgIpc) is 2.84. The fourth-order valence-corrected chi connectivity index (χ4v) is 3.07. The molecule has 18 heavy (non-hydrogen) atoms. The Morgan fingerprint density at radius 2 is 1.94 bits per heavy atom. The van der Waals surface area contributed by atoms with E-state index in [1.165, 1.54) is 30.4 Å². The summed E-state index contributed by atoms with van der Waals surface area (Å²) in [7, 11) is 0. The summed E-state index contributed by atoms with van der Waals surface area (Å²) >= 11 is 0. The quantitative estimate of drug-likeness (QED) is 0.746. The number of ketones is 1. The predicted molar refractivity (Wildman–Crippen MR) is 71.0 cm³/mol. The minimum atomic E-state index is -0.207. The van der Waals surface area contributed by atoms with Crippen LogP contribution in [-0.2, 0) is 17.6 Å². The van der Waals surface area contributed by atoms with Crippen molar-refractivity contribution < 1.29 is 9.53 Å². The van der Waals surface area contributed by atoms with Gasteiger partial charge in [0.25, 0.3) is 0 Å². The number of carbonyl (C=O) groups is 1. The van der Waals surface area contributed by atoms with Crippen LogP contribution < -0.4 is 0 Å². The van der Waals surface area contributed by atoms with Gasteiger partial charge in [0, 0.05) is 5.56 Å². The van der Waals surface area contributed by atoms with Crippen molar-refractivity contribution in [3.05, 3.63) is 34.9 Å². The maximum Gasteiger partial charge on any atom is 0.191 e. The van der Waals surface area contributed by atoms with E-state index in [1.807, 2.05) is 13.0 Å². The summed E-state index contributed by atoms with van der Waals surface area (Å²) in [6, 6.07) is 6.22. The lowest BCUT2D eigenvalue weighted by atomic mass is 9.89. The fourth-order valence-electron chi connectivity index (χ4n) is 3.07. The van der Waals surface area contributed by atoms with Crippen LogP contribution in [0.3, 0.4) is 0 Å². The molecule has 1 aliphatic heterocycles. The summed E-state index contributed by atoms with van der Waals surface area (Å²) in [5, 5.41) is 0. The molecule has 2 aliphatic rings. The van der Waals surface area contributed by atoms with Gasteiger partial charge in [0.15, 0.2) is 5.78 Å². The van der Waals surface area contributed by atoms with Crippen LogP contribution in [0.1, 0.15) is 54.1 Å². The van der Waals surface area contributed by atoms with Gasteiger partial charge in [-0.1, -0.05) is 12.1 Å². The first-order valence-corrected chi connectivity index (χ1v) is 7.05. The molecule has 96 valence electrons. The second-order valence-electron chi connectivity index (χ2n) is 5.57. The molecule has 3 rings (SSSR count). The normalized spacial score (nSPS) is 26.9. The van der Waals surface area contributed by atoms with Crippen LogP contribution >= 0.6 is 0 Å². The van der Waals surface area contributed by atoms with Gasteiger partial charge in [-0.15, -0.1) is 0 Å². The molecule has 1 aliphatic carbocycles. The lowest BCUT2D eigenvalue weighted by Crippen LogP contribution is -2.21. The smallest absolute Gasteiger partial charge is 0.191 e. The van der Waals surface area contributed by atoms with Crippen molar-refractivity contribution in [2.24, 2.45) is 0 Å². The molecule has 2 unspecified atom stereocenters. The van der Waals surface area contributed by atoms with E-state index in [1.54, 1.807) is 0 Å². The number of fused-ring (bicyclic) bond motifs is 1. The summed E-state index contributed by atoms with van der Waals surface area (Å²) in [5.74, 6) is 0.174. The van der Waals surface area contributed by atoms with Gasteiger partial charge in [0.1, 0.15) is 6.10 Å². The fraction of sp³-hybridized carbons (Fsp3) is 0.562. The van der Waals surface area contributed by atoms with Gasteiger partial charge in [0.05, 0.1) is 6.10 Å². The molecule has 0 N–H and O–H groups in total. The molecule has 0 bridgehead atoms. The number of benzene rings is 1. The van der Waals surface area contributed by atoms with Gasteiger partial charge in [-0.05, 0) is 62.6 Å². The molecule has 0 spiro atoms. The number of hydrogen-bond donors (Lipinski definition) is 0. The molecule has 0 radical (unpaired) electrons. The van der Waals surface area contributed by atoms with Crippen LogP contribution in [-0.4, -0.2) is 18.0 Å². The number of ether oxygens (including phenoxy) is 1. The van der Waals surface area contributed by atoms with E-state index < -0.39 is 0 Å². The molecule has 1 saturated heterocycles. The average molecular weight is 244 g/mol. The Hall–Kier alpha value is -1.15. The van der Waals surface area contributed by atoms with Crippen LogP contribution in [0.5, 0.6) is 0 Å². The lowest BCUT2D eigenvalue weighted by molar-refractivity contribution is 0.0433. The van der Waals surface area contributed by atoms with Gasteiger partial charge in [0.2, 0.25) is 0 Å². The number of carbonyl (C=O) groups excluding carboxylic acids is 1. The van der Waals surface area contributed by atoms with E-state index in [0.29, 0.717) is 0 Å². The zero-order valence-electron chi connectivity index (χ0n) is 10.9. The minimum absolute atomic E-state index is 0.174. The highest BCUT2D eigenvalue weighted by atomic mass is 16.5. The summed E-state index contributed by atoms with van der Waals surface area (Å²) in [6.45, 7) is 2.04. The predicted octanol–water partition coefficient (Wildman–Crippen LogP) is 3.32. The Kier molecular flexibility index (Phi) is 3.21. The van der Waals surface area contributed by atoms with Crippen molar-refractivity contribution in [3.63, 3.8) is 0 Å². The Balaban J connectivity index is 1.81. The summed E-state index contributed by atoms with van der Waals surface area (Å²) in [6.07, 6.45) is 6.72. The van der Waals surface area contributed by atoms with Crippen molar-refractivity contribution in [2.45, 2.75) is 57.7 Å². The van der Waals surface area contributed by atoms with E-state index in [-0.39, 0.29) is 18.0 Å². The van der Waals surface area contributed by atoms with Crippen LogP contribution in [0.4, 0.5) is 0 Å². The molecule has 1 heterocycles. The van der Waals surface area contributed by atoms with Crippen molar-refractivity contribution in [1.29, 1.82) is 0 Å². The maximum atomic E-state index is 12.4. The molecule has 0 saturated carbocycles. The molecular formula is C16H20O2. The summed E-state index contributed by atoms with van der Waals surface area (Å²) < 4.78 is 5.67. The maximum absolute atomic E-state index is 12.4. The van der Waals surface area contributed by atoms with Crippen LogP contribution in [0, 0.1) is 0 Å². The highest BCUT2D eigenvalue weighted by molar-refractivity contribution is 5.99. The first-order valence-electron chi connectivity index (χ1n) is 7.05. The number of hydrogen-bond acceptors (Lipinski definition) is 2. The van der Waals surface area contributed by atoms with E-state index >= 15 is 0 Å². The van der Waals surface area contributed by atoms with Crippen LogP contribution in [0.2, 0.25) is 0 Å². The lowest BCUT2D eigenvalue weighted by Gasteiger charge is -2.17. The van der Waals surface area contributed by atoms with Crippen molar-refractivity contribution in [2.75, 3.05) is 0 Å². The van der Waals surface area contributed by atoms with E-state index in [4.69, 9.17) is 4.74 Å². The third-order valence-corrected chi connectivity index (χ3v) is 4.16. The monoisotopic (exact) mass is 244 g/mol. The highest BCUT2D eigenvalue weighted by Crippen LogP contribution is 2.26. The molecule has 2 heteroatoms. The zero-order valence-corrected chi connectivity index (χ0v) is 10.9. The Labute approximate surface area is 108 Å². The minimum Gasteiger partial charge on any atom is -0.367 e. The van der Waals surface area contributed by atoms with Gasteiger partial charge < -0.3 is 4.74 Å². The summed E-state index contributed by atoms with van der Waals surface area (Å²) in [4.78, 5) is 12.4. The molecule has 1 aromatic rings. The zero-order chi connectivity index (χ0) is 12.5. The van der Waals surface area contributed by atoms with Gasteiger partial charge in [-0.2, -0.15) is 0 Å². The highest BCUT2D eigenvalue weighted by Gasteiger charge is 2.29. The largest absolute Gasteiger partial charge is 0.367 e. The SMILES string of the molecule is CC1CCC(C(=O)c2ccc3c(c2)CCCC3)O1. The first kappa shape index (κ1) is 11.9. The molecule has 0 amide bonds. The van der Waals surface area contributed by atoms with E-state index in [2.05, 4.69) is 12.1 Å². The molecule has 2 atom stereocenters. The van der Waals surface area contributed by atoms with Gasteiger partial charge >= 0.3 is 0 Å². The molecule has 0 aromatic heterocycles. The number of rotatable bonds is 2.